The number of pyridine rings is 2. The Bertz CT molecular complexity index is 1870. The number of nitrogens with one attached hydrogen (secondary N) is 2. The Morgan fingerprint density at radius 3 is 2.34 bits per heavy atom. The molecule has 15 heteroatoms. The molecule has 2 atom stereocenters. The number of fused-ring (bicyclic) bond motifs is 2. The second-order valence-corrected chi connectivity index (χ2v) is 14.8. The van der Waals surface area contributed by atoms with Crippen LogP contribution in [0.1, 0.15) is 67.4 Å². The summed E-state index contributed by atoms with van der Waals surface area (Å²) in [5.41, 5.74) is -0.848. The first kappa shape index (κ1) is 36.1. The second-order valence-electron chi connectivity index (χ2n) is 14.8. The predicted molar refractivity (Wildman–Crippen MR) is 184 cm³/mol. The molecule has 0 spiro atoms. The number of nitrogens with zero attached hydrogens (tertiary/aromatic N) is 4. The number of carbonyl (C=O) groups is 4. The Morgan fingerprint density at radius 2 is 1.74 bits per heavy atom. The maximum atomic E-state index is 16.7. The third-order valence-electron chi connectivity index (χ3n) is 8.54. The molecule has 5 rings (SSSR count). The van der Waals surface area contributed by atoms with Crippen LogP contribution in [-0.2, 0) is 14.3 Å². The van der Waals surface area contributed by atoms with Crippen LogP contribution in [-0.4, -0.2) is 81.1 Å². The van der Waals surface area contributed by atoms with Gasteiger partial charge in [0.25, 0.3) is 0 Å². The number of aromatic nitrogens is 2. The number of benzene rings is 1. The molecule has 0 aliphatic carbocycles. The van der Waals surface area contributed by atoms with Crippen molar-refractivity contribution in [1.82, 2.24) is 14.9 Å². The first-order valence-corrected chi connectivity index (χ1v) is 16.3. The van der Waals surface area contributed by atoms with Gasteiger partial charge in [-0.05, 0) is 70.0 Å². The summed E-state index contributed by atoms with van der Waals surface area (Å²) in [6.45, 7) is 16.5. The van der Waals surface area contributed by atoms with Gasteiger partial charge in [0.15, 0.2) is 5.82 Å². The van der Waals surface area contributed by atoms with Gasteiger partial charge in [0.2, 0.25) is 11.8 Å². The van der Waals surface area contributed by atoms with Gasteiger partial charge < -0.3 is 24.2 Å². The smallest absolute Gasteiger partial charge is 0.413 e. The standard InChI is InChI=1S/C35H43FN6O8/c1-17(2)41-15-20(12-26(41)43)49-31(44)39-25-11-19-10-21(27(36)28(23(19)14-37-25)40-32(45)50-35(7,8)9)22-13-38-30-29(18(22)3)42(33(46)47)24(16-48-30)34(4,5)6/h10-11,13-14,17,20,24H,12,15-16H2,1-9H3,(H,40,45)(H,46,47)(H,37,39,44). The molecule has 2 aromatic heterocycles. The van der Waals surface area contributed by atoms with Crippen molar-refractivity contribution in [2.45, 2.75) is 92.5 Å². The monoisotopic (exact) mass is 694 g/mol. The molecule has 50 heavy (non-hydrogen) atoms. The summed E-state index contributed by atoms with van der Waals surface area (Å²) >= 11 is 0. The van der Waals surface area contributed by atoms with Gasteiger partial charge in [-0.1, -0.05) is 20.8 Å². The normalized spacial score (nSPS) is 17.8. The third-order valence-corrected chi connectivity index (χ3v) is 8.54. The highest BCUT2D eigenvalue weighted by Gasteiger charge is 2.42. The lowest BCUT2D eigenvalue weighted by molar-refractivity contribution is -0.129. The maximum absolute atomic E-state index is 16.7. The number of hydrogen-bond donors (Lipinski definition) is 3. The molecule has 3 N–H and O–H groups in total. The largest absolute Gasteiger partial charge is 0.474 e. The molecular formula is C35H43FN6O8. The molecule has 2 unspecified atom stereocenters. The van der Waals surface area contributed by atoms with Crippen LogP contribution in [0.15, 0.2) is 24.5 Å². The van der Waals surface area contributed by atoms with Gasteiger partial charge in [0, 0.05) is 34.9 Å². The van der Waals surface area contributed by atoms with Crippen LogP contribution >= 0.6 is 0 Å². The zero-order chi connectivity index (χ0) is 36.9. The van der Waals surface area contributed by atoms with Gasteiger partial charge in [0.05, 0.1) is 24.7 Å². The number of halogens is 1. The van der Waals surface area contributed by atoms with E-state index in [2.05, 4.69) is 20.6 Å². The number of likely N-dealkylation sites (tertiary alicyclic amines) is 1. The quantitative estimate of drug-likeness (QED) is 0.254. The van der Waals surface area contributed by atoms with Crippen molar-refractivity contribution < 1.29 is 42.9 Å². The van der Waals surface area contributed by atoms with Crippen LogP contribution in [0.4, 0.5) is 36.0 Å². The molecule has 1 fully saturated rings. The third kappa shape index (κ3) is 7.36. The van der Waals surface area contributed by atoms with E-state index in [0.29, 0.717) is 10.9 Å². The summed E-state index contributed by atoms with van der Waals surface area (Å²) in [4.78, 5) is 62.1. The topological polar surface area (TPSA) is 173 Å². The Labute approximate surface area is 289 Å². The van der Waals surface area contributed by atoms with Crippen LogP contribution in [0, 0.1) is 18.2 Å². The number of carbonyl (C=O) groups excluding carboxylic acids is 3. The molecule has 2 aliphatic rings. The van der Waals surface area contributed by atoms with Crippen LogP contribution in [0.5, 0.6) is 5.88 Å². The molecule has 1 aromatic carbocycles. The number of hydrogen-bond acceptors (Lipinski definition) is 9. The van der Waals surface area contributed by atoms with Crippen molar-refractivity contribution in [2.24, 2.45) is 5.41 Å². The van der Waals surface area contributed by atoms with Gasteiger partial charge in [-0.3, -0.25) is 20.3 Å². The summed E-state index contributed by atoms with van der Waals surface area (Å²) in [6, 6.07) is 2.37. The van der Waals surface area contributed by atoms with Crippen LogP contribution in [0.3, 0.4) is 0 Å². The Kier molecular flexibility index (Phi) is 9.56. The Morgan fingerprint density at radius 1 is 1.04 bits per heavy atom. The number of carboxylic acid groups (broad SMARTS) is 1. The van der Waals surface area contributed by atoms with Gasteiger partial charge in [-0.2, -0.15) is 0 Å². The highest BCUT2D eigenvalue weighted by atomic mass is 19.1. The lowest BCUT2D eigenvalue weighted by Crippen LogP contribution is -2.53. The molecular weight excluding hydrogens is 651 g/mol. The average Bonchev–Trinajstić information content (AvgIpc) is 3.36. The fraction of sp³-hybridized carbons (Fsp3) is 0.486. The lowest BCUT2D eigenvalue weighted by atomic mass is 9.85. The lowest BCUT2D eigenvalue weighted by Gasteiger charge is -2.42. The zero-order valence-corrected chi connectivity index (χ0v) is 29.6. The second kappa shape index (κ2) is 13.2. The van der Waals surface area contributed by atoms with Gasteiger partial charge >= 0.3 is 18.3 Å². The van der Waals surface area contributed by atoms with E-state index in [4.69, 9.17) is 14.2 Å². The molecule has 1 saturated heterocycles. The van der Waals surface area contributed by atoms with E-state index in [1.54, 1.807) is 32.6 Å². The van der Waals surface area contributed by atoms with Crippen LogP contribution in [0.25, 0.3) is 21.9 Å². The Hall–Kier alpha value is -5.21. The van der Waals surface area contributed by atoms with Crippen LogP contribution in [0.2, 0.25) is 0 Å². The first-order chi connectivity index (χ1) is 23.2. The molecule has 0 bridgehead atoms. The summed E-state index contributed by atoms with van der Waals surface area (Å²) in [5, 5.41) is 15.9. The minimum atomic E-state index is -1.21. The summed E-state index contributed by atoms with van der Waals surface area (Å²) in [5.74, 6) is -0.800. The van der Waals surface area contributed by atoms with Crippen molar-refractivity contribution in [2.75, 3.05) is 28.7 Å². The highest BCUT2D eigenvalue weighted by molar-refractivity contribution is 6.05. The first-order valence-electron chi connectivity index (χ1n) is 16.3. The number of anilines is 3. The van der Waals surface area contributed by atoms with E-state index >= 15 is 4.39 Å². The van der Waals surface area contributed by atoms with Crippen molar-refractivity contribution in [3.8, 4) is 17.0 Å². The number of amides is 4. The molecule has 268 valence electrons. The van der Waals surface area contributed by atoms with Crippen molar-refractivity contribution in [3.63, 3.8) is 0 Å². The molecule has 0 saturated carbocycles. The minimum Gasteiger partial charge on any atom is -0.474 e. The molecule has 4 heterocycles. The van der Waals surface area contributed by atoms with E-state index < -0.39 is 47.3 Å². The van der Waals surface area contributed by atoms with Crippen LogP contribution < -0.4 is 20.3 Å². The number of rotatable bonds is 5. The molecule has 14 nitrogen and oxygen atoms in total. The Balaban J connectivity index is 1.58. The summed E-state index contributed by atoms with van der Waals surface area (Å²) < 4.78 is 33.4. The maximum Gasteiger partial charge on any atom is 0.413 e. The van der Waals surface area contributed by atoms with E-state index in [1.807, 2.05) is 34.6 Å². The zero-order valence-electron chi connectivity index (χ0n) is 29.6. The van der Waals surface area contributed by atoms with E-state index in [9.17, 15) is 24.3 Å². The molecule has 0 radical (unpaired) electrons. The molecule has 3 aromatic rings. The van der Waals surface area contributed by atoms with E-state index in [0.717, 1.165) is 0 Å². The van der Waals surface area contributed by atoms with Gasteiger partial charge in [0.1, 0.15) is 29.8 Å². The van der Waals surface area contributed by atoms with Gasteiger partial charge in [-0.25, -0.2) is 28.7 Å². The highest BCUT2D eigenvalue weighted by Crippen LogP contribution is 2.45. The fourth-order valence-corrected chi connectivity index (χ4v) is 6.11. The van der Waals surface area contributed by atoms with Crippen molar-refractivity contribution >= 4 is 52.2 Å². The molecule has 4 amide bonds. The molecule has 2 aliphatic heterocycles. The fourth-order valence-electron chi connectivity index (χ4n) is 6.11. The average molecular weight is 695 g/mol. The van der Waals surface area contributed by atoms with Gasteiger partial charge in [-0.15, -0.1) is 0 Å². The SMILES string of the molecule is Cc1c(-c2cc3cc(NC(=O)OC4CC(=O)N(C(C)C)C4)ncc3c(NC(=O)OC(C)(C)C)c2F)cnc2c1N(C(=O)O)C(C(C)(C)C)CO2. The summed E-state index contributed by atoms with van der Waals surface area (Å²) in [6.07, 6.45) is -0.858. The van der Waals surface area contributed by atoms with Crippen molar-refractivity contribution in [1.29, 1.82) is 0 Å². The van der Waals surface area contributed by atoms with E-state index in [1.165, 1.54) is 29.4 Å². The predicted octanol–water partition coefficient (Wildman–Crippen LogP) is 6.94. The number of ether oxygens (including phenoxy) is 3. The summed E-state index contributed by atoms with van der Waals surface area (Å²) in [7, 11) is 0. The van der Waals surface area contributed by atoms with E-state index in [-0.39, 0.29) is 71.1 Å². The van der Waals surface area contributed by atoms with Crippen molar-refractivity contribution in [3.05, 3.63) is 35.9 Å². The minimum absolute atomic E-state index is 0.0162.